The molecule has 0 unspecified atom stereocenters. The zero-order valence-corrected chi connectivity index (χ0v) is 16.4. The number of hydrogen-bond acceptors (Lipinski definition) is 3. The van der Waals surface area contributed by atoms with Gasteiger partial charge < -0.3 is 9.47 Å². The molecule has 0 bridgehead atoms. The zero-order chi connectivity index (χ0) is 18.3. The van der Waals surface area contributed by atoms with Gasteiger partial charge in [-0.1, -0.05) is 83.3 Å². The molecule has 0 radical (unpaired) electrons. The SMILES string of the molecule is CCCCCCCCCCCCCc1cccc(OC)c1C(=O)OC. The molecule has 1 aromatic carbocycles. The van der Waals surface area contributed by atoms with Crippen molar-refractivity contribution in [3.63, 3.8) is 0 Å². The van der Waals surface area contributed by atoms with E-state index in [1.54, 1.807) is 7.11 Å². The molecule has 1 rings (SSSR count). The van der Waals surface area contributed by atoms with E-state index in [1.807, 2.05) is 18.2 Å². The van der Waals surface area contributed by atoms with E-state index in [4.69, 9.17) is 9.47 Å². The van der Waals surface area contributed by atoms with Gasteiger partial charge in [0.1, 0.15) is 11.3 Å². The van der Waals surface area contributed by atoms with Crippen molar-refractivity contribution in [3.8, 4) is 5.75 Å². The predicted molar refractivity (Wildman–Crippen MR) is 104 cm³/mol. The molecule has 0 saturated heterocycles. The zero-order valence-electron chi connectivity index (χ0n) is 16.4. The summed E-state index contributed by atoms with van der Waals surface area (Å²) < 4.78 is 10.2. The lowest BCUT2D eigenvalue weighted by Gasteiger charge is -2.12. The lowest BCUT2D eigenvalue weighted by atomic mass is 9.99. The van der Waals surface area contributed by atoms with Crippen LogP contribution in [0.15, 0.2) is 18.2 Å². The van der Waals surface area contributed by atoms with Crippen molar-refractivity contribution in [2.24, 2.45) is 0 Å². The van der Waals surface area contributed by atoms with Gasteiger partial charge in [-0.2, -0.15) is 0 Å². The van der Waals surface area contributed by atoms with Crippen molar-refractivity contribution in [1.29, 1.82) is 0 Å². The van der Waals surface area contributed by atoms with Crippen LogP contribution in [0.1, 0.15) is 93.5 Å². The van der Waals surface area contributed by atoms with Crippen molar-refractivity contribution >= 4 is 5.97 Å². The maximum absolute atomic E-state index is 12.0. The Hall–Kier alpha value is -1.51. The van der Waals surface area contributed by atoms with Gasteiger partial charge in [-0.25, -0.2) is 4.79 Å². The second-order valence-corrected chi connectivity index (χ2v) is 6.77. The minimum absolute atomic E-state index is 0.310. The molecule has 0 aliphatic heterocycles. The molecule has 0 aliphatic rings. The van der Waals surface area contributed by atoms with Gasteiger partial charge in [0.2, 0.25) is 0 Å². The average Bonchev–Trinajstić information content (AvgIpc) is 2.65. The molecule has 142 valence electrons. The number of ether oxygens (including phenoxy) is 2. The van der Waals surface area contributed by atoms with E-state index in [0.717, 1.165) is 18.4 Å². The average molecular weight is 349 g/mol. The van der Waals surface area contributed by atoms with Crippen molar-refractivity contribution in [2.75, 3.05) is 14.2 Å². The molecule has 0 amide bonds. The minimum atomic E-state index is -0.310. The van der Waals surface area contributed by atoms with E-state index in [0.29, 0.717) is 11.3 Å². The van der Waals surface area contributed by atoms with Crippen LogP contribution < -0.4 is 4.74 Å². The summed E-state index contributed by atoms with van der Waals surface area (Å²) in [4.78, 5) is 12.0. The van der Waals surface area contributed by atoms with Crippen molar-refractivity contribution < 1.29 is 14.3 Å². The number of benzene rings is 1. The summed E-state index contributed by atoms with van der Waals surface area (Å²) >= 11 is 0. The Morgan fingerprint density at radius 2 is 1.40 bits per heavy atom. The quantitative estimate of drug-likeness (QED) is 0.291. The number of methoxy groups -OCH3 is 2. The third-order valence-electron chi connectivity index (χ3n) is 4.77. The Bertz CT molecular complexity index is 482. The summed E-state index contributed by atoms with van der Waals surface area (Å²) in [6, 6.07) is 5.76. The molecule has 3 nitrogen and oxygen atoms in total. The molecule has 0 saturated carbocycles. The molecule has 0 heterocycles. The highest BCUT2D eigenvalue weighted by atomic mass is 16.5. The largest absolute Gasteiger partial charge is 0.496 e. The van der Waals surface area contributed by atoms with Crippen LogP contribution in [0.4, 0.5) is 0 Å². The van der Waals surface area contributed by atoms with Crippen LogP contribution in [0, 0.1) is 0 Å². The highest BCUT2D eigenvalue weighted by Gasteiger charge is 2.17. The minimum Gasteiger partial charge on any atom is -0.496 e. The Labute approximate surface area is 154 Å². The number of unbranched alkanes of at least 4 members (excludes halogenated alkanes) is 10. The Morgan fingerprint density at radius 3 is 1.92 bits per heavy atom. The molecule has 0 aliphatic carbocycles. The van der Waals surface area contributed by atoms with E-state index >= 15 is 0 Å². The first kappa shape index (κ1) is 21.5. The van der Waals surface area contributed by atoms with Gasteiger partial charge in [-0.05, 0) is 24.5 Å². The van der Waals surface area contributed by atoms with Crippen LogP contribution in [-0.2, 0) is 11.2 Å². The third-order valence-corrected chi connectivity index (χ3v) is 4.77. The maximum Gasteiger partial charge on any atom is 0.341 e. The maximum atomic E-state index is 12.0. The molecule has 0 spiro atoms. The summed E-state index contributed by atoms with van der Waals surface area (Å²) in [5, 5.41) is 0. The monoisotopic (exact) mass is 348 g/mol. The first-order valence-corrected chi connectivity index (χ1v) is 9.98. The molecule has 3 heteroatoms. The first-order chi connectivity index (χ1) is 12.2. The van der Waals surface area contributed by atoms with Crippen LogP contribution in [0.25, 0.3) is 0 Å². The molecule has 0 atom stereocenters. The second-order valence-electron chi connectivity index (χ2n) is 6.77. The fourth-order valence-corrected chi connectivity index (χ4v) is 3.27. The number of rotatable bonds is 14. The fraction of sp³-hybridized carbons (Fsp3) is 0.682. The van der Waals surface area contributed by atoms with Gasteiger partial charge in [0.25, 0.3) is 0 Å². The highest BCUT2D eigenvalue weighted by Crippen LogP contribution is 2.25. The molecule has 0 N–H and O–H groups in total. The lowest BCUT2D eigenvalue weighted by molar-refractivity contribution is 0.0595. The van der Waals surface area contributed by atoms with Gasteiger partial charge in [-0.3, -0.25) is 0 Å². The summed E-state index contributed by atoms with van der Waals surface area (Å²) in [5.41, 5.74) is 1.61. The molecule has 0 aromatic heterocycles. The van der Waals surface area contributed by atoms with Crippen LogP contribution in [0.5, 0.6) is 5.75 Å². The van der Waals surface area contributed by atoms with Crippen molar-refractivity contribution in [3.05, 3.63) is 29.3 Å². The van der Waals surface area contributed by atoms with Crippen molar-refractivity contribution in [2.45, 2.75) is 84.0 Å². The van der Waals surface area contributed by atoms with Gasteiger partial charge >= 0.3 is 5.97 Å². The summed E-state index contributed by atoms with van der Waals surface area (Å²) in [6.07, 6.45) is 15.5. The molecule has 25 heavy (non-hydrogen) atoms. The number of hydrogen-bond donors (Lipinski definition) is 0. The Kier molecular flexibility index (Phi) is 11.8. The summed E-state index contributed by atoms with van der Waals surface area (Å²) in [5.74, 6) is 0.294. The molecular formula is C22H36O3. The number of esters is 1. The van der Waals surface area contributed by atoms with E-state index in [9.17, 15) is 4.79 Å². The molecular weight excluding hydrogens is 312 g/mol. The fourth-order valence-electron chi connectivity index (χ4n) is 3.27. The van der Waals surface area contributed by atoms with Crippen LogP contribution in [0.3, 0.4) is 0 Å². The lowest BCUT2D eigenvalue weighted by Crippen LogP contribution is -2.08. The van der Waals surface area contributed by atoms with Crippen LogP contribution in [0.2, 0.25) is 0 Å². The second kappa shape index (κ2) is 13.7. The van der Waals surface area contributed by atoms with E-state index in [1.165, 1.54) is 71.3 Å². The Balaban J connectivity index is 2.23. The number of carbonyl (C=O) groups is 1. The third kappa shape index (κ3) is 8.42. The van der Waals surface area contributed by atoms with Crippen LogP contribution >= 0.6 is 0 Å². The Morgan fingerprint density at radius 1 is 0.840 bits per heavy atom. The van der Waals surface area contributed by atoms with Gasteiger partial charge in [0, 0.05) is 0 Å². The normalized spacial score (nSPS) is 10.7. The van der Waals surface area contributed by atoms with E-state index in [-0.39, 0.29) is 5.97 Å². The van der Waals surface area contributed by atoms with Crippen molar-refractivity contribution in [1.82, 2.24) is 0 Å². The number of aryl methyl sites for hydroxylation is 1. The summed E-state index contributed by atoms with van der Waals surface area (Å²) in [7, 11) is 3.01. The molecule has 1 aromatic rings. The van der Waals surface area contributed by atoms with Gasteiger partial charge in [-0.15, -0.1) is 0 Å². The van der Waals surface area contributed by atoms with E-state index < -0.39 is 0 Å². The first-order valence-electron chi connectivity index (χ1n) is 9.98. The standard InChI is InChI=1S/C22H36O3/c1-4-5-6-7-8-9-10-11-12-13-14-16-19-17-15-18-20(24-2)21(19)22(23)25-3/h15,17-18H,4-14,16H2,1-3H3. The van der Waals surface area contributed by atoms with Crippen LogP contribution in [-0.4, -0.2) is 20.2 Å². The molecule has 0 fully saturated rings. The highest BCUT2D eigenvalue weighted by molar-refractivity contribution is 5.94. The number of carbonyl (C=O) groups excluding carboxylic acids is 1. The van der Waals surface area contributed by atoms with Gasteiger partial charge in [0.05, 0.1) is 14.2 Å². The smallest absolute Gasteiger partial charge is 0.341 e. The predicted octanol–water partition coefficient (Wildman–Crippen LogP) is 6.34. The summed E-state index contributed by atoms with van der Waals surface area (Å²) in [6.45, 7) is 2.26. The van der Waals surface area contributed by atoms with Gasteiger partial charge in [0.15, 0.2) is 0 Å². The van der Waals surface area contributed by atoms with E-state index in [2.05, 4.69) is 6.92 Å². The topological polar surface area (TPSA) is 35.5 Å².